The van der Waals surface area contributed by atoms with E-state index in [0.717, 1.165) is 48.8 Å². The van der Waals surface area contributed by atoms with E-state index >= 15 is 0 Å². The van der Waals surface area contributed by atoms with E-state index in [4.69, 9.17) is 9.97 Å². The number of hydrogen-bond donors (Lipinski definition) is 1. The average Bonchev–Trinajstić information content (AvgIpc) is 2.95. The highest BCUT2D eigenvalue weighted by molar-refractivity contribution is 5.90. The molecule has 1 aromatic heterocycles. The van der Waals surface area contributed by atoms with Crippen LogP contribution in [0, 0.1) is 0 Å². The standard InChI is InChI=1S/C31H35N5/c1-4-12-24(13-5-1)29(25-14-6-2-7-15-25)35-20-22-36(23-21-35)31-33-28-19-11-10-18-27(28)30(34-31)32-26-16-8-3-9-17-26/h1-2,4-7,10-15,18-19,26,29H,3,8-9,16-17,20-23H2,(H,32,33,34). The molecule has 0 atom stereocenters. The van der Waals surface area contributed by atoms with Gasteiger partial charge in [0.1, 0.15) is 5.82 Å². The van der Waals surface area contributed by atoms with Crippen molar-refractivity contribution >= 4 is 22.7 Å². The second-order valence-electron chi connectivity index (χ2n) is 10.1. The lowest BCUT2D eigenvalue weighted by Crippen LogP contribution is -2.48. The fourth-order valence-corrected chi connectivity index (χ4v) is 5.82. The highest BCUT2D eigenvalue weighted by Crippen LogP contribution is 2.31. The number of hydrogen-bond acceptors (Lipinski definition) is 5. The molecular formula is C31H35N5. The summed E-state index contributed by atoms with van der Waals surface area (Å²) < 4.78 is 0. The number of benzene rings is 3. The maximum Gasteiger partial charge on any atom is 0.227 e. The van der Waals surface area contributed by atoms with Gasteiger partial charge in [0.2, 0.25) is 5.95 Å². The van der Waals surface area contributed by atoms with Gasteiger partial charge in [0.05, 0.1) is 11.6 Å². The van der Waals surface area contributed by atoms with Crippen molar-refractivity contribution in [3.63, 3.8) is 0 Å². The number of anilines is 2. The second kappa shape index (κ2) is 10.7. The Morgan fingerprint density at radius 1 is 0.667 bits per heavy atom. The first kappa shape index (κ1) is 23.0. The molecular weight excluding hydrogens is 442 g/mol. The third-order valence-corrected chi connectivity index (χ3v) is 7.73. The molecule has 1 saturated heterocycles. The largest absolute Gasteiger partial charge is 0.367 e. The first-order valence-electron chi connectivity index (χ1n) is 13.5. The maximum atomic E-state index is 5.09. The topological polar surface area (TPSA) is 44.3 Å². The molecule has 2 aliphatic rings. The fourth-order valence-electron chi connectivity index (χ4n) is 5.82. The summed E-state index contributed by atoms with van der Waals surface area (Å²) in [6.07, 6.45) is 6.42. The van der Waals surface area contributed by atoms with Gasteiger partial charge in [0.15, 0.2) is 0 Å². The van der Waals surface area contributed by atoms with Crippen LogP contribution in [0.2, 0.25) is 0 Å². The Balaban J connectivity index is 1.24. The minimum Gasteiger partial charge on any atom is -0.367 e. The zero-order valence-corrected chi connectivity index (χ0v) is 20.9. The van der Waals surface area contributed by atoms with Crippen molar-refractivity contribution in [2.45, 2.75) is 44.2 Å². The van der Waals surface area contributed by atoms with Crippen LogP contribution in [0.25, 0.3) is 10.9 Å². The highest BCUT2D eigenvalue weighted by Gasteiger charge is 2.28. The van der Waals surface area contributed by atoms with E-state index in [1.54, 1.807) is 0 Å². The van der Waals surface area contributed by atoms with Gasteiger partial charge in [-0.05, 0) is 36.1 Å². The van der Waals surface area contributed by atoms with E-state index in [1.807, 2.05) is 0 Å². The molecule has 0 unspecified atom stereocenters. The molecule has 0 radical (unpaired) electrons. The maximum absolute atomic E-state index is 5.09. The molecule has 0 amide bonds. The molecule has 184 valence electrons. The minimum atomic E-state index is 0.260. The van der Waals surface area contributed by atoms with E-state index in [2.05, 4.69) is 100 Å². The third kappa shape index (κ3) is 4.93. The molecule has 0 bridgehead atoms. The summed E-state index contributed by atoms with van der Waals surface area (Å²) in [5.74, 6) is 1.85. The predicted molar refractivity (Wildman–Crippen MR) is 149 cm³/mol. The Hall–Kier alpha value is -3.44. The van der Waals surface area contributed by atoms with Crippen molar-refractivity contribution in [1.29, 1.82) is 0 Å². The monoisotopic (exact) mass is 477 g/mol. The van der Waals surface area contributed by atoms with Gasteiger partial charge >= 0.3 is 0 Å². The van der Waals surface area contributed by atoms with E-state index in [9.17, 15) is 0 Å². The minimum absolute atomic E-state index is 0.260. The van der Waals surface area contributed by atoms with Gasteiger partial charge in [0, 0.05) is 37.6 Å². The first-order chi connectivity index (χ1) is 17.8. The number of fused-ring (bicyclic) bond motifs is 1. The van der Waals surface area contributed by atoms with E-state index in [0.29, 0.717) is 6.04 Å². The van der Waals surface area contributed by atoms with Gasteiger partial charge in [-0.15, -0.1) is 0 Å². The van der Waals surface area contributed by atoms with Gasteiger partial charge in [0.25, 0.3) is 0 Å². The fraction of sp³-hybridized carbons (Fsp3) is 0.355. The van der Waals surface area contributed by atoms with Crippen molar-refractivity contribution in [3.8, 4) is 0 Å². The van der Waals surface area contributed by atoms with Crippen LogP contribution in [0.1, 0.15) is 49.3 Å². The molecule has 0 spiro atoms. The number of nitrogens with one attached hydrogen (secondary N) is 1. The van der Waals surface area contributed by atoms with Crippen LogP contribution < -0.4 is 10.2 Å². The van der Waals surface area contributed by atoms with Crippen molar-refractivity contribution in [2.24, 2.45) is 0 Å². The molecule has 1 aliphatic heterocycles. The van der Waals surface area contributed by atoms with Crippen LogP contribution in [0.15, 0.2) is 84.9 Å². The molecule has 5 heteroatoms. The van der Waals surface area contributed by atoms with E-state index in [1.165, 1.54) is 43.2 Å². The van der Waals surface area contributed by atoms with Crippen LogP contribution in [0.5, 0.6) is 0 Å². The summed E-state index contributed by atoms with van der Waals surface area (Å²) in [7, 11) is 0. The zero-order chi connectivity index (χ0) is 24.2. The molecule has 4 aromatic rings. The molecule has 6 rings (SSSR count). The molecule has 1 aliphatic carbocycles. The van der Waals surface area contributed by atoms with Gasteiger partial charge in [-0.1, -0.05) is 92.1 Å². The van der Waals surface area contributed by atoms with Crippen molar-refractivity contribution in [3.05, 3.63) is 96.1 Å². The summed E-state index contributed by atoms with van der Waals surface area (Å²) in [5.41, 5.74) is 3.71. The normalized spacial score (nSPS) is 17.5. The molecule has 1 N–H and O–H groups in total. The van der Waals surface area contributed by atoms with Crippen LogP contribution in [-0.2, 0) is 0 Å². The number of para-hydroxylation sites is 1. The highest BCUT2D eigenvalue weighted by atomic mass is 15.3. The SMILES string of the molecule is c1ccc(C(c2ccccc2)N2CCN(c3nc(NC4CCCCC4)c4ccccc4n3)CC2)cc1. The Morgan fingerprint density at radius 2 is 1.28 bits per heavy atom. The lowest BCUT2D eigenvalue weighted by molar-refractivity contribution is 0.211. The lowest BCUT2D eigenvalue weighted by atomic mass is 9.95. The summed E-state index contributed by atoms with van der Waals surface area (Å²) in [6.45, 7) is 3.76. The number of aromatic nitrogens is 2. The number of rotatable bonds is 6. The molecule has 5 nitrogen and oxygen atoms in total. The van der Waals surface area contributed by atoms with Crippen LogP contribution in [0.3, 0.4) is 0 Å². The summed E-state index contributed by atoms with van der Waals surface area (Å²) in [4.78, 5) is 15.0. The van der Waals surface area contributed by atoms with Crippen LogP contribution in [0.4, 0.5) is 11.8 Å². The van der Waals surface area contributed by atoms with Gasteiger partial charge in [-0.3, -0.25) is 4.90 Å². The Labute approximate surface area is 214 Å². The molecule has 36 heavy (non-hydrogen) atoms. The van der Waals surface area contributed by atoms with Gasteiger partial charge in [-0.2, -0.15) is 4.98 Å². The Bertz CT molecular complexity index is 1220. The van der Waals surface area contributed by atoms with Crippen molar-refractivity contribution in [2.75, 3.05) is 36.4 Å². The first-order valence-corrected chi connectivity index (χ1v) is 13.5. The number of piperazine rings is 1. The third-order valence-electron chi connectivity index (χ3n) is 7.73. The molecule has 2 fully saturated rings. The van der Waals surface area contributed by atoms with E-state index < -0.39 is 0 Å². The van der Waals surface area contributed by atoms with Gasteiger partial charge < -0.3 is 10.2 Å². The van der Waals surface area contributed by atoms with E-state index in [-0.39, 0.29) is 6.04 Å². The smallest absolute Gasteiger partial charge is 0.227 e. The average molecular weight is 478 g/mol. The Morgan fingerprint density at radius 3 is 1.94 bits per heavy atom. The quantitative estimate of drug-likeness (QED) is 0.354. The molecule has 1 saturated carbocycles. The summed E-state index contributed by atoms with van der Waals surface area (Å²) in [6, 6.07) is 31.0. The predicted octanol–water partition coefficient (Wildman–Crippen LogP) is 6.29. The Kier molecular flexibility index (Phi) is 6.81. The van der Waals surface area contributed by atoms with Crippen molar-refractivity contribution < 1.29 is 0 Å². The van der Waals surface area contributed by atoms with Crippen LogP contribution in [-0.4, -0.2) is 47.1 Å². The second-order valence-corrected chi connectivity index (χ2v) is 10.1. The number of nitrogens with zero attached hydrogens (tertiary/aromatic N) is 4. The van der Waals surface area contributed by atoms with Crippen molar-refractivity contribution in [1.82, 2.24) is 14.9 Å². The van der Waals surface area contributed by atoms with Gasteiger partial charge in [-0.25, -0.2) is 4.98 Å². The summed E-state index contributed by atoms with van der Waals surface area (Å²) >= 11 is 0. The lowest BCUT2D eigenvalue weighted by Gasteiger charge is -2.40. The molecule has 2 heterocycles. The summed E-state index contributed by atoms with van der Waals surface area (Å²) in [5, 5.41) is 4.91. The zero-order valence-electron chi connectivity index (χ0n) is 20.9. The van der Waals surface area contributed by atoms with Crippen LogP contribution >= 0.6 is 0 Å². The molecule has 3 aromatic carbocycles.